The van der Waals surface area contributed by atoms with Gasteiger partial charge < -0.3 is 14.8 Å². The minimum atomic E-state index is -0.204. The van der Waals surface area contributed by atoms with Crippen LogP contribution in [0.5, 0.6) is 11.5 Å². The number of hydrogen-bond donors (Lipinski definition) is 1. The van der Waals surface area contributed by atoms with Gasteiger partial charge in [0.1, 0.15) is 5.01 Å². The highest BCUT2D eigenvalue weighted by Gasteiger charge is 2.08. The molecule has 0 radical (unpaired) electrons. The molecule has 6 heteroatoms. The van der Waals surface area contributed by atoms with Crippen LogP contribution in [0.1, 0.15) is 25.0 Å². The maximum absolute atomic E-state index is 12.4. The lowest BCUT2D eigenvalue weighted by atomic mass is 10.2. The maximum Gasteiger partial charge on any atom is 0.248 e. The Morgan fingerprint density at radius 1 is 0.970 bits per heavy atom. The summed E-state index contributed by atoms with van der Waals surface area (Å²) in [7, 11) is 0. The van der Waals surface area contributed by atoms with Gasteiger partial charge in [-0.1, -0.05) is 12.1 Å². The molecule has 33 heavy (non-hydrogen) atoms. The zero-order chi connectivity index (χ0) is 23.2. The van der Waals surface area contributed by atoms with Gasteiger partial charge in [0, 0.05) is 17.3 Å². The molecule has 0 fully saturated rings. The molecule has 0 aliphatic rings. The fourth-order valence-corrected chi connectivity index (χ4v) is 4.45. The van der Waals surface area contributed by atoms with Crippen LogP contribution in [0.3, 0.4) is 0 Å². The molecule has 0 bridgehead atoms. The van der Waals surface area contributed by atoms with Crippen molar-refractivity contribution in [3.8, 4) is 22.1 Å². The summed E-state index contributed by atoms with van der Waals surface area (Å²) in [6.45, 7) is 7.04. The molecule has 1 aromatic heterocycles. The Hall–Kier alpha value is -3.64. The average molecular weight is 459 g/mol. The van der Waals surface area contributed by atoms with Crippen molar-refractivity contribution in [3.05, 3.63) is 77.9 Å². The molecule has 0 aliphatic heterocycles. The topological polar surface area (TPSA) is 60.5 Å². The number of nitrogens with one attached hydrogen (secondary N) is 1. The van der Waals surface area contributed by atoms with Crippen LogP contribution in [0.4, 0.5) is 5.69 Å². The summed E-state index contributed by atoms with van der Waals surface area (Å²) >= 11 is 1.67. The Morgan fingerprint density at radius 3 is 2.48 bits per heavy atom. The Balaban J connectivity index is 1.42. The summed E-state index contributed by atoms with van der Waals surface area (Å²) in [4.78, 5) is 17.1. The molecule has 0 aliphatic carbocycles. The summed E-state index contributed by atoms with van der Waals surface area (Å²) in [6, 6.07) is 19.6. The van der Waals surface area contributed by atoms with Gasteiger partial charge in [0.15, 0.2) is 11.5 Å². The van der Waals surface area contributed by atoms with E-state index >= 15 is 0 Å². The molecule has 5 nitrogen and oxygen atoms in total. The van der Waals surface area contributed by atoms with Gasteiger partial charge in [-0.15, -0.1) is 11.3 Å². The number of rotatable bonds is 8. The quantitative estimate of drug-likeness (QED) is 0.298. The first-order valence-electron chi connectivity index (χ1n) is 10.9. The van der Waals surface area contributed by atoms with E-state index in [-0.39, 0.29) is 5.91 Å². The van der Waals surface area contributed by atoms with Gasteiger partial charge in [0.2, 0.25) is 5.91 Å². The number of ether oxygens (including phenoxy) is 2. The van der Waals surface area contributed by atoms with E-state index in [1.165, 1.54) is 16.3 Å². The third kappa shape index (κ3) is 5.59. The molecular weight excluding hydrogens is 432 g/mol. The number of nitrogens with zero attached hydrogens (tertiary/aromatic N) is 1. The van der Waals surface area contributed by atoms with Crippen molar-refractivity contribution in [2.45, 2.75) is 20.8 Å². The summed E-state index contributed by atoms with van der Waals surface area (Å²) in [6.07, 6.45) is 3.26. The van der Waals surface area contributed by atoms with Gasteiger partial charge in [-0.25, -0.2) is 4.98 Å². The molecule has 1 N–H and O–H groups in total. The molecule has 0 unspecified atom stereocenters. The Kier molecular flexibility index (Phi) is 7.05. The van der Waals surface area contributed by atoms with Crippen molar-refractivity contribution in [1.82, 2.24) is 4.98 Å². The predicted octanol–water partition coefficient (Wildman–Crippen LogP) is 6.72. The van der Waals surface area contributed by atoms with Crippen molar-refractivity contribution in [3.63, 3.8) is 0 Å². The van der Waals surface area contributed by atoms with Crippen LogP contribution < -0.4 is 14.8 Å². The van der Waals surface area contributed by atoms with Crippen molar-refractivity contribution in [1.29, 1.82) is 0 Å². The van der Waals surface area contributed by atoms with Crippen LogP contribution in [0.15, 0.2) is 66.7 Å². The third-order valence-corrected chi connectivity index (χ3v) is 6.01. The number of thiazole rings is 1. The van der Waals surface area contributed by atoms with Crippen molar-refractivity contribution in [2.75, 3.05) is 18.5 Å². The van der Waals surface area contributed by atoms with Crippen molar-refractivity contribution in [2.24, 2.45) is 0 Å². The molecule has 4 rings (SSSR count). The second-order valence-electron chi connectivity index (χ2n) is 7.46. The molecule has 0 spiro atoms. The number of carbonyl (C=O) groups excluding carboxylic acids is 1. The smallest absolute Gasteiger partial charge is 0.248 e. The standard InChI is InChI=1S/C27H26N2O3S/c1-4-31-23-14-7-19(17-24(23)32-5-2)8-15-26(30)28-21-11-9-20(10-12-21)27-29-22-13-6-18(3)16-25(22)33-27/h6-17H,4-5H2,1-3H3,(H,28,30)/b15-8+. The maximum atomic E-state index is 12.4. The number of anilines is 1. The summed E-state index contributed by atoms with van der Waals surface area (Å²) in [5, 5.41) is 3.86. The van der Waals surface area contributed by atoms with Gasteiger partial charge in [-0.05, 0) is 86.5 Å². The molecule has 0 saturated carbocycles. The first-order valence-corrected chi connectivity index (χ1v) is 11.7. The first kappa shape index (κ1) is 22.6. The first-order chi connectivity index (χ1) is 16.1. The van der Waals surface area contributed by atoms with E-state index in [0.29, 0.717) is 24.7 Å². The second kappa shape index (κ2) is 10.3. The van der Waals surface area contributed by atoms with Crippen LogP contribution in [0.25, 0.3) is 26.9 Å². The van der Waals surface area contributed by atoms with Gasteiger partial charge in [0.25, 0.3) is 0 Å². The van der Waals surface area contributed by atoms with E-state index in [1.807, 2.05) is 62.4 Å². The Morgan fingerprint density at radius 2 is 1.73 bits per heavy atom. The van der Waals surface area contributed by atoms with Crippen LogP contribution in [0, 0.1) is 6.92 Å². The third-order valence-electron chi connectivity index (χ3n) is 4.94. The normalized spacial score (nSPS) is 11.1. The largest absolute Gasteiger partial charge is 0.490 e. The number of fused-ring (bicyclic) bond motifs is 1. The summed E-state index contributed by atoms with van der Waals surface area (Å²) in [5.74, 6) is 1.16. The molecule has 0 atom stereocenters. The molecular formula is C27H26N2O3S. The van der Waals surface area contributed by atoms with Gasteiger partial charge in [-0.2, -0.15) is 0 Å². The summed E-state index contributed by atoms with van der Waals surface area (Å²) in [5.41, 5.74) is 4.85. The molecule has 1 heterocycles. The van der Waals surface area contributed by atoms with Crippen LogP contribution >= 0.6 is 11.3 Å². The monoisotopic (exact) mass is 458 g/mol. The second-order valence-corrected chi connectivity index (χ2v) is 8.49. The minimum Gasteiger partial charge on any atom is -0.490 e. The van der Waals surface area contributed by atoms with E-state index in [9.17, 15) is 4.79 Å². The molecule has 4 aromatic rings. The molecule has 3 aromatic carbocycles. The van der Waals surface area contributed by atoms with Crippen LogP contribution in [-0.4, -0.2) is 24.1 Å². The number of carbonyl (C=O) groups is 1. The predicted molar refractivity (Wildman–Crippen MR) is 136 cm³/mol. The molecule has 1 amide bonds. The number of aryl methyl sites for hydroxylation is 1. The van der Waals surface area contributed by atoms with Crippen molar-refractivity contribution >= 4 is 39.2 Å². The van der Waals surface area contributed by atoms with Gasteiger partial charge in [-0.3, -0.25) is 4.79 Å². The average Bonchev–Trinajstić information content (AvgIpc) is 3.23. The number of benzene rings is 3. The van der Waals surface area contributed by atoms with Gasteiger partial charge in [0.05, 0.1) is 23.4 Å². The Bertz CT molecular complexity index is 1290. The van der Waals surface area contributed by atoms with E-state index in [2.05, 4.69) is 24.4 Å². The Labute approximate surface area is 197 Å². The fraction of sp³-hybridized carbons (Fsp3) is 0.185. The van der Waals surface area contributed by atoms with E-state index < -0.39 is 0 Å². The van der Waals surface area contributed by atoms with E-state index in [4.69, 9.17) is 14.5 Å². The van der Waals surface area contributed by atoms with Crippen molar-refractivity contribution < 1.29 is 14.3 Å². The van der Waals surface area contributed by atoms with Crippen LogP contribution in [0.2, 0.25) is 0 Å². The van der Waals surface area contributed by atoms with E-state index in [0.717, 1.165) is 27.3 Å². The van der Waals surface area contributed by atoms with E-state index in [1.54, 1.807) is 17.4 Å². The number of amides is 1. The lowest BCUT2D eigenvalue weighted by Crippen LogP contribution is -2.07. The fourth-order valence-electron chi connectivity index (χ4n) is 3.38. The lowest BCUT2D eigenvalue weighted by Gasteiger charge is -2.11. The minimum absolute atomic E-state index is 0.204. The zero-order valence-corrected chi connectivity index (χ0v) is 19.7. The zero-order valence-electron chi connectivity index (χ0n) is 18.9. The highest BCUT2D eigenvalue weighted by Crippen LogP contribution is 2.31. The number of hydrogen-bond acceptors (Lipinski definition) is 5. The molecule has 0 saturated heterocycles. The van der Waals surface area contributed by atoms with Gasteiger partial charge >= 0.3 is 0 Å². The highest BCUT2D eigenvalue weighted by atomic mass is 32.1. The summed E-state index contributed by atoms with van der Waals surface area (Å²) < 4.78 is 12.4. The SMILES string of the molecule is CCOc1ccc(/C=C/C(=O)Nc2ccc(-c3nc4ccc(C)cc4s3)cc2)cc1OCC. The highest BCUT2D eigenvalue weighted by molar-refractivity contribution is 7.21. The molecule has 168 valence electrons. The van der Waals surface area contributed by atoms with Crippen LogP contribution in [-0.2, 0) is 4.79 Å². The lowest BCUT2D eigenvalue weighted by molar-refractivity contribution is -0.111. The number of aromatic nitrogens is 1.